The van der Waals surface area contributed by atoms with Crippen LogP contribution < -0.4 is 4.90 Å². The number of carbonyl (C=O) groups is 1. The summed E-state index contributed by atoms with van der Waals surface area (Å²) in [5.41, 5.74) is 2.11. The van der Waals surface area contributed by atoms with Crippen molar-refractivity contribution in [3.63, 3.8) is 0 Å². The lowest BCUT2D eigenvalue weighted by molar-refractivity contribution is 0.101. The van der Waals surface area contributed by atoms with Crippen LogP contribution in [0.15, 0.2) is 48.5 Å². The molecule has 0 aliphatic heterocycles. The Morgan fingerprint density at radius 1 is 1.11 bits per heavy atom. The molecular weight excluding hydrogens is 229 g/mol. The second-order valence-corrected chi connectivity index (χ2v) is 4.11. The Balaban J connectivity index is 2.46. The topological polar surface area (TPSA) is 20.3 Å². The summed E-state index contributed by atoms with van der Waals surface area (Å²) in [6.07, 6.45) is 0. The van der Waals surface area contributed by atoms with E-state index < -0.39 is 0 Å². The molecule has 0 radical (unpaired) electrons. The van der Waals surface area contributed by atoms with Gasteiger partial charge in [-0.25, -0.2) is 4.39 Å². The molecule has 0 aliphatic carbocycles. The number of benzene rings is 2. The molecule has 0 atom stereocenters. The summed E-state index contributed by atoms with van der Waals surface area (Å²) < 4.78 is 13.2. The predicted octanol–water partition coefficient (Wildman–Crippen LogP) is 3.80. The van der Waals surface area contributed by atoms with Gasteiger partial charge in [-0.1, -0.05) is 18.2 Å². The zero-order chi connectivity index (χ0) is 13.1. The van der Waals surface area contributed by atoms with E-state index in [1.165, 1.54) is 19.1 Å². The average molecular weight is 243 g/mol. The molecule has 0 aliphatic rings. The molecular formula is C15H14FNO. The Bertz CT molecular complexity index is 580. The molecule has 0 fully saturated rings. The van der Waals surface area contributed by atoms with Crippen LogP contribution >= 0.6 is 0 Å². The minimum Gasteiger partial charge on any atom is -0.344 e. The lowest BCUT2D eigenvalue weighted by atomic mass is 10.1. The molecule has 2 aromatic carbocycles. The molecule has 0 saturated heterocycles. The minimum absolute atomic E-state index is 0.00569. The number of halogens is 1. The van der Waals surface area contributed by atoms with Crippen molar-refractivity contribution in [1.82, 2.24) is 0 Å². The zero-order valence-electron chi connectivity index (χ0n) is 10.4. The Kier molecular flexibility index (Phi) is 3.42. The monoisotopic (exact) mass is 243 g/mol. The summed E-state index contributed by atoms with van der Waals surface area (Å²) in [5, 5.41) is 0. The summed E-state index contributed by atoms with van der Waals surface area (Å²) in [5.74, 6) is -0.298. The molecule has 3 heteroatoms. The molecule has 0 aromatic heterocycles. The van der Waals surface area contributed by atoms with Crippen molar-refractivity contribution in [1.29, 1.82) is 0 Å². The summed E-state index contributed by atoms with van der Waals surface area (Å²) in [7, 11) is 1.82. The first kappa shape index (κ1) is 12.3. The van der Waals surface area contributed by atoms with Gasteiger partial charge in [-0.2, -0.15) is 0 Å². The summed E-state index contributed by atoms with van der Waals surface area (Å²) in [4.78, 5) is 13.4. The summed E-state index contributed by atoms with van der Waals surface area (Å²) in [6, 6.07) is 13.6. The van der Waals surface area contributed by atoms with Gasteiger partial charge in [-0.15, -0.1) is 0 Å². The van der Waals surface area contributed by atoms with Crippen LogP contribution in [-0.2, 0) is 0 Å². The standard InChI is InChI=1S/C15H14FNO/c1-11(18)14-8-3-4-9-15(14)17(2)13-7-5-6-12(16)10-13/h3-10H,1-2H3. The summed E-state index contributed by atoms with van der Waals surface area (Å²) >= 11 is 0. The molecule has 0 amide bonds. The quantitative estimate of drug-likeness (QED) is 0.764. The van der Waals surface area contributed by atoms with Gasteiger partial charge in [0.25, 0.3) is 0 Å². The van der Waals surface area contributed by atoms with Gasteiger partial charge in [0.1, 0.15) is 5.82 Å². The van der Waals surface area contributed by atoms with Gasteiger partial charge in [0, 0.05) is 18.3 Å². The number of hydrogen-bond donors (Lipinski definition) is 0. The number of ketones is 1. The molecule has 2 aromatic rings. The van der Waals surface area contributed by atoms with Crippen molar-refractivity contribution in [2.45, 2.75) is 6.92 Å². The van der Waals surface area contributed by atoms with Crippen LogP contribution in [0.2, 0.25) is 0 Å². The minimum atomic E-state index is -0.292. The average Bonchev–Trinajstić information content (AvgIpc) is 2.38. The highest BCUT2D eigenvalue weighted by atomic mass is 19.1. The molecule has 2 nitrogen and oxygen atoms in total. The van der Waals surface area contributed by atoms with E-state index >= 15 is 0 Å². The second kappa shape index (κ2) is 5.00. The fourth-order valence-electron chi connectivity index (χ4n) is 1.89. The maximum Gasteiger partial charge on any atom is 0.161 e. The fraction of sp³-hybridized carbons (Fsp3) is 0.133. The molecule has 0 N–H and O–H groups in total. The second-order valence-electron chi connectivity index (χ2n) is 4.11. The maximum absolute atomic E-state index is 13.2. The highest BCUT2D eigenvalue weighted by Gasteiger charge is 2.11. The van der Waals surface area contributed by atoms with E-state index in [1.807, 2.05) is 25.2 Å². The van der Waals surface area contributed by atoms with Crippen molar-refractivity contribution in [3.8, 4) is 0 Å². The Morgan fingerprint density at radius 3 is 2.50 bits per heavy atom. The molecule has 92 valence electrons. The first-order chi connectivity index (χ1) is 8.59. The largest absolute Gasteiger partial charge is 0.344 e. The first-order valence-corrected chi connectivity index (χ1v) is 5.69. The van der Waals surface area contributed by atoms with E-state index in [1.54, 1.807) is 23.1 Å². The maximum atomic E-state index is 13.2. The third-order valence-corrected chi connectivity index (χ3v) is 2.84. The zero-order valence-corrected chi connectivity index (χ0v) is 10.4. The number of hydrogen-bond acceptors (Lipinski definition) is 2. The number of rotatable bonds is 3. The molecule has 0 saturated carbocycles. The van der Waals surface area contributed by atoms with Gasteiger partial charge < -0.3 is 4.90 Å². The third kappa shape index (κ3) is 2.40. The van der Waals surface area contributed by atoms with Gasteiger partial charge in [-0.05, 0) is 37.3 Å². The van der Waals surface area contributed by atoms with E-state index in [0.29, 0.717) is 11.3 Å². The van der Waals surface area contributed by atoms with Crippen molar-refractivity contribution in [2.24, 2.45) is 0 Å². The molecule has 0 heterocycles. The van der Waals surface area contributed by atoms with Crippen LogP contribution in [0, 0.1) is 5.82 Å². The van der Waals surface area contributed by atoms with Crippen LogP contribution in [0.3, 0.4) is 0 Å². The molecule has 0 spiro atoms. The van der Waals surface area contributed by atoms with Gasteiger partial charge in [0.15, 0.2) is 5.78 Å². The van der Waals surface area contributed by atoms with Crippen LogP contribution in [0.5, 0.6) is 0 Å². The number of anilines is 2. The highest BCUT2D eigenvalue weighted by molar-refractivity contribution is 6.00. The van der Waals surface area contributed by atoms with E-state index in [4.69, 9.17) is 0 Å². The van der Waals surface area contributed by atoms with Crippen LogP contribution in [-0.4, -0.2) is 12.8 Å². The normalized spacial score (nSPS) is 10.2. The predicted molar refractivity (Wildman–Crippen MR) is 70.9 cm³/mol. The van der Waals surface area contributed by atoms with Crippen molar-refractivity contribution < 1.29 is 9.18 Å². The lowest BCUT2D eigenvalue weighted by Crippen LogP contribution is -2.13. The lowest BCUT2D eigenvalue weighted by Gasteiger charge is -2.21. The van der Waals surface area contributed by atoms with Crippen LogP contribution in [0.25, 0.3) is 0 Å². The first-order valence-electron chi connectivity index (χ1n) is 5.69. The highest BCUT2D eigenvalue weighted by Crippen LogP contribution is 2.27. The van der Waals surface area contributed by atoms with E-state index in [-0.39, 0.29) is 11.6 Å². The van der Waals surface area contributed by atoms with E-state index in [0.717, 1.165) is 5.69 Å². The number of Topliss-reactive ketones (excluding diaryl/α,β-unsaturated/α-hetero) is 1. The Hall–Kier alpha value is -2.16. The van der Waals surface area contributed by atoms with E-state index in [9.17, 15) is 9.18 Å². The number of carbonyl (C=O) groups excluding carboxylic acids is 1. The van der Waals surface area contributed by atoms with Crippen LogP contribution in [0.4, 0.5) is 15.8 Å². The number of nitrogens with zero attached hydrogens (tertiary/aromatic N) is 1. The molecule has 0 bridgehead atoms. The van der Waals surface area contributed by atoms with Gasteiger partial charge >= 0.3 is 0 Å². The molecule has 18 heavy (non-hydrogen) atoms. The SMILES string of the molecule is CC(=O)c1ccccc1N(C)c1cccc(F)c1. The molecule has 0 unspecified atom stereocenters. The van der Waals surface area contributed by atoms with E-state index in [2.05, 4.69) is 0 Å². The summed E-state index contributed by atoms with van der Waals surface area (Å²) in [6.45, 7) is 1.53. The Labute approximate surface area is 106 Å². The van der Waals surface area contributed by atoms with Gasteiger partial charge in [0.05, 0.1) is 5.69 Å². The van der Waals surface area contributed by atoms with Crippen molar-refractivity contribution >= 4 is 17.2 Å². The fourth-order valence-corrected chi connectivity index (χ4v) is 1.89. The van der Waals surface area contributed by atoms with Gasteiger partial charge in [-0.3, -0.25) is 4.79 Å². The van der Waals surface area contributed by atoms with Crippen molar-refractivity contribution in [3.05, 3.63) is 59.9 Å². The van der Waals surface area contributed by atoms with Crippen LogP contribution in [0.1, 0.15) is 17.3 Å². The molecule has 2 rings (SSSR count). The third-order valence-electron chi connectivity index (χ3n) is 2.84. The van der Waals surface area contributed by atoms with Crippen molar-refractivity contribution in [2.75, 3.05) is 11.9 Å². The van der Waals surface area contributed by atoms with Gasteiger partial charge in [0.2, 0.25) is 0 Å². The Morgan fingerprint density at radius 2 is 1.83 bits per heavy atom. The smallest absolute Gasteiger partial charge is 0.161 e. The number of para-hydroxylation sites is 1.